The molecular weight excluding hydrogens is 255 g/mol. The normalized spacial score (nSPS) is 16.7. The van der Waals surface area contributed by atoms with E-state index in [0.29, 0.717) is 12.1 Å². The third-order valence-electron chi connectivity index (χ3n) is 4.06. The van der Waals surface area contributed by atoms with Crippen LogP contribution in [0.1, 0.15) is 44.1 Å². The highest BCUT2D eigenvalue weighted by molar-refractivity contribution is 5.78. The van der Waals surface area contributed by atoms with Gasteiger partial charge in [0.15, 0.2) is 0 Å². The standard InChI is InChI=1S/C16H23FN2O/c17-15-10-6-5-7-13(15)12-19(16(20)11-18)14-8-3-1-2-4-9-14/h5-7,10,14H,1-4,8-9,11-12,18H2. The molecule has 20 heavy (non-hydrogen) atoms. The molecule has 4 heteroatoms. The lowest BCUT2D eigenvalue weighted by Gasteiger charge is -2.31. The first kappa shape index (κ1) is 15.0. The fourth-order valence-electron chi connectivity index (χ4n) is 2.92. The van der Waals surface area contributed by atoms with Crippen molar-refractivity contribution in [2.45, 2.75) is 51.1 Å². The van der Waals surface area contributed by atoms with Gasteiger partial charge in [-0.25, -0.2) is 4.39 Å². The summed E-state index contributed by atoms with van der Waals surface area (Å²) in [6.07, 6.45) is 6.72. The van der Waals surface area contributed by atoms with E-state index in [-0.39, 0.29) is 24.3 Å². The molecule has 1 aliphatic carbocycles. The van der Waals surface area contributed by atoms with Crippen LogP contribution < -0.4 is 5.73 Å². The molecule has 1 fully saturated rings. The van der Waals surface area contributed by atoms with Crippen molar-refractivity contribution in [3.8, 4) is 0 Å². The van der Waals surface area contributed by atoms with Crippen molar-refractivity contribution >= 4 is 5.91 Å². The summed E-state index contributed by atoms with van der Waals surface area (Å²) >= 11 is 0. The average molecular weight is 278 g/mol. The number of carbonyl (C=O) groups is 1. The Morgan fingerprint density at radius 1 is 1.20 bits per heavy atom. The van der Waals surface area contributed by atoms with Crippen LogP contribution >= 0.6 is 0 Å². The number of hydrogen-bond acceptors (Lipinski definition) is 2. The Labute approximate surface area is 120 Å². The zero-order chi connectivity index (χ0) is 14.4. The number of rotatable bonds is 4. The molecule has 0 aliphatic heterocycles. The van der Waals surface area contributed by atoms with Crippen LogP contribution in [0.2, 0.25) is 0 Å². The lowest BCUT2D eigenvalue weighted by atomic mass is 10.1. The summed E-state index contributed by atoms with van der Waals surface area (Å²) in [6.45, 7) is 0.318. The summed E-state index contributed by atoms with van der Waals surface area (Å²) in [4.78, 5) is 13.9. The first-order chi connectivity index (χ1) is 9.72. The van der Waals surface area contributed by atoms with E-state index in [4.69, 9.17) is 5.73 Å². The van der Waals surface area contributed by atoms with E-state index < -0.39 is 0 Å². The number of halogens is 1. The van der Waals surface area contributed by atoms with Crippen molar-refractivity contribution in [3.05, 3.63) is 35.6 Å². The predicted molar refractivity (Wildman–Crippen MR) is 77.5 cm³/mol. The molecule has 1 amide bonds. The van der Waals surface area contributed by atoms with Gasteiger partial charge in [-0.2, -0.15) is 0 Å². The Morgan fingerprint density at radius 2 is 1.85 bits per heavy atom. The molecule has 0 spiro atoms. The van der Waals surface area contributed by atoms with Gasteiger partial charge < -0.3 is 10.6 Å². The number of nitrogens with zero attached hydrogens (tertiary/aromatic N) is 1. The molecule has 0 heterocycles. The summed E-state index contributed by atoms with van der Waals surface area (Å²) in [5.41, 5.74) is 6.09. The van der Waals surface area contributed by atoms with Crippen molar-refractivity contribution in [2.24, 2.45) is 5.73 Å². The van der Waals surface area contributed by atoms with Gasteiger partial charge in [-0.1, -0.05) is 43.9 Å². The molecule has 2 rings (SSSR count). The van der Waals surface area contributed by atoms with Gasteiger partial charge in [-0.05, 0) is 18.9 Å². The Hall–Kier alpha value is -1.42. The quantitative estimate of drug-likeness (QED) is 0.861. The minimum Gasteiger partial charge on any atom is -0.334 e. The Kier molecular flexibility index (Phi) is 5.53. The highest BCUT2D eigenvalue weighted by Gasteiger charge is 2.24. The van der Waals surface area contributed by atoms with Crippen molar-refractivity contribution in [3.63, 3.8) is 0 Å². The molecule has 1 aromatic carbocycles. The topological polar surface area (TPSA) is 46.3 Å². The zero-order valence-corrected chi connectivity index (χ0v) is 11.9. The fourth-order valence-corrected chi connectivity index (χ4v) is 2.92. The van der Waals surface area contributed by atoms with E-state index in [1.165, 1.54) is 18.9 Å². The molecule has 3 nitrogen and oxygen atoms in total. The number of nitrogens with two attached hydrogens (primary N) is 1. The third-order valence-corrected chi connectivity index (χ3v) is 4.06. The monoisotopic (exact) mass is 278 g/mol. The minimum atomic E-state index is -0.254. The number of hydrogen-bond donors (Lipinski definition) is 1. The van der Waals surface area contributed by atoms with E-state index in [2.05, 4.69) is 0 Å². The maximum Gasteiger partial charge on any atom is 0.236 e. The van der Waals surface area contributed by atoms with Gasteiger partial charge in [0, 0.05) is 18.2 Å². The van der Waals surface area contributed by atoms with Crippen LogP contribution in [-0.4, -0.2) is 23.4 Å². The molecule has 0 saturated heterocycles. The van der Waals surface area contributed by atoms with E-state index in [9.17, 15) is 9.18 Å². The van der Waals surface area contributed by atoms with Crippen LogP contribution in [0.15, 0.2) is 24.3 Å². The maximum absolute atomic E-state index is 13.8. The molecule has 1 aliphatic rings. The first-order valence-electron chi connectivity index (χ1n) is 7.45. The zero-order valence-electron chi connectivity index (χ0n) is 11.9. The smallest absolute Gasteiger partial charge is 0.236 e. The Morgan fingerprint density at radius 3 is 2.45 bits per heavy atom. The molecule has 1 aromatic rings. The van der Waals surface area contributed by atoms with Gasteiger partial charge >= 0.3 is 0 Å². The predicted octanol–water partition coefficient (Wildman–Crippen LogP) is 2.84. The van der Waals surface area contributed by atoms with Crippen LogP contribution in [0.5, 0.6) is 0 Å². The molecule has 0 aromatic heterocycles. The molecule has 1 saturated carbocycles. The van der Waals surface area contributed by atoms with Gasteiger partial charge in [0.2, 0.25) is 5.91 Å². The summed E-state index contributed by atoms with van der Waals surface area (Å²) < 4.78 is 13.8. The molecule has 0 radical (unpaired) electrons. The van der Waals surface area contributed by atoms with E-state index in [1.807, 2.05) is 0 Å². The molecule has 2 N–H and O–H groups in total. The SMILES string of the molecule is NCC(=O)N(Cc1ccccc1F)C1CCCCCC1. The second-order valence-corrected chi connectivity index (χ2v) is 5.46. The highest BCUT2D eigenvalue weighted by Crippen LogP contribution is 2.24. The third kappa shape index (κ3) is 3.79. The van der Waals surface area contributed by atoms with Crippen LogP contribution in [-0.2, 0) is 11.3 Å². The van der Waals surface area contributed by atoms with Gasteiger partial charge in [-0.15, -0.1) is 0 Å². The summed E-state index contributed by atoms with van der Waals surface area (Å²) in [7, 11) is 0. The second-order valence-electron chi connectivity index (χ2n) is 5.46. The van der Waals surface area contributed by atoms with Gasteiger partial charge in [0.05, 0.1) is 6.54 Å². The van der Waals surface area contributed by atoms with Crippen LogP contribution in [0, 0.1) is 5.82 Å². The Balaban J connectivity index is 2.14. The summed E-state index contributed by atoms with van der Waals surface area (Å²) in [5, 5.41) is 0. The molecular formula is C16H23FN2O. The number of carbonyl (C=O) groups excluding carboxylic acids is 1. The fraction of sp³-hybridized carbons (Fsp3) is 0.562. The van der Waals surface area contributed by atoms with Crippen LogP contribution in [0.4, 0.5) is 4.39 Å². The van der Waals surface area contributed by atoms with Crippen molar-refractivity contribution in [1.82, 2.24) is 4.90 Å². The summed E-state index contributed by atoms with van der Waals surface area (Å²) in [5.74, 6) is -0.337. The molecule has 0 atom stereocenters. The highest BCUT2D eigenvalue weighted by atomic mass is 19.1. The van der Waals surface area contributed by atoms with E-state index >= 15 is 0 Å². The molecule has 0 unspecified atom stereocenters. The largest absolute Gasteiger partial charge is 0.334 e. The lowest BCUT2D eigenvalue weighted by Crippen LogP contribution is -2.43. The second kappa shape index (κ2) is 7.39. The minimum absolute atomic E-state index is 0.00898. The Bertz CT molecular complexity index is 442. The van der Waals surface area contributed by atoms with Crippen LogP contribution in [0.25, 0.3) is 0 Å². The lowest BCUT2D eigenvalue weighted by molar-refractivity contribution is -0.133. The van der Waals surface area contributed by atoms with Crippen molar-refractivity contribution < 1.29 is 9.18 Å². The molecule has 0 bridgehead atoms. The number of amides is 1. The van der Waals surface area contributed by atoms with E-state index in [1.54, 1.807) is 23.1 Å². The number of benzene rings is 1. The van der Waals surface area contributed by atoms with Crippen molar-refractivity contribution in [2.75, 3.05) is 6.54 Å². The van der Waals surface area contributed by atoms with E-state index in [0.717, 1.165) is 25.7 Å². The summed E-state index contributed by atoms with van der Waals surface area (Å²) in [6, 6.07) is 6.85. The van der Waals surface area contributed by atoms with Crippen molar-refractivity contribution in [1.29, 1.82) is 0 Å². The van der Waals surface area contributed by atoms with Crippen LogP contribution in [0.3, 0.4) is 0 Å². The maximum atomic E-state index is 13.8. The van der Waals surface area contributed by atoms with Gasteiger partial charge in [-0.3, -0.25) is 4.79 Å². The first-order valence-corrected chi connectivity index (χ1v) is 7.45. The molecule has 110 valence electrons. The van der Waals surface area contributed by atoms with Gasteiger partial charge in [0.1, 0.15) is 5.82 Å². The van der Waals surface area contributed by atoms with Gasteiger partial charge in [0.25, 0.3) is 0 Å². The average Bonchev–Trinajstić information content (AvgIpc) is 2.74.